The molecule has 0 aromatic rings. The normalized spacial score (nSPS) is 12.4. The summed E-state index contributed by atoms with van der Waals surface area (Å²) in [6.07, 6.45) is 15.6. The lowest BCUT2D eigenvalue weighted by molar-refractivity contribution is -0.153. The number of esters is 3. The summed E-state index contributed by atoms with van der Waals surface area (Å²) in [5.74, 6) is 5.58. The van der Waals surface area contributed by atoms with Gasteiger partial charge in [-0.15, -0.1) is 0 Å². The van der Waals surface area contributed by atoms with Crippen molar-refractivity contribution in [2.75, 3.05) is 34.4 Å². The smallest absolute Gasteiger partial charge is 0.312 e. The average Bonchev–Trinajstić information content (AvgIpc) is 2.92. The second kappa shape index (κ2) is 23.4. The van der Waals surface area contributed by atoms with Gasteiger partial charge in [0.2, 0.25) is 0 Å². The molecular weight excluding hydrogens is 530 g/mol. The summed E-state index contributed by atoms with van der Waals surface area (Å²) >= 11 is 0. The maximum absolute atomic E-state index is 12.6. The molecule has 0 aliphatic rings. The van der Waals surface area contributed by atoms with Crippen molar-refractivity contribution in [3.8, 4) is 11.8 Å². The van der Waals surface area contributed by atoms with Crippen molar-refractivity contribution < 1.29 is 28.6 Å². The molecular formula is C35H63NO6. The SMILES string of the molecule is CCCCCCC#CCOC(=O)C(C)(C)CCCCCC(CCCCCC(C)(C)C(=O)OC)OC(=O)CCCN(C)C. The maximum Gasteiger partial charge on any atom is 0.312 e. The van der Waals surface area contributed by atoms with Crippen LogP contribution in [0.5, 0.6) is 0 Å². The molecule has 1 atom stereocenters. The minimum Gasteiger partial charge on any atom is -0.469 e. The lowest BCUT2D eigenvalue weighted by Crippen LogP contribution is -2.26. The third-order valence-electron chi connectivity index (χ3n) is 7.79. The Hall–Kier alpha value is -2.07. The predicted octanol–water partition coefficient (Wildman–Crippen LogP) is 7.88. The van der Waals surface area contributed by atoms with Crippen LogP contribution in [0, 0.1) is 22.7 Å². The lowest BCUT2D eigenvalue weighted by atomic mass is 9.86. The van der Waals surface area contributed by atoms with Crippen LogP contribution in [0.1, 0.15) is 144 Å². The number of nitrogens with zero attached hydrogens (tertiary/aromatic N) is 1. The van der Waals surface area contributed by atoms with Crippen LogP contribution in [0.2, 0.25) is 0 Å². The first kappa shape index (κ1) is 39.9. The van der Waals surface area contributed by atoms with Gasteiger partial charge < -0.3 is 19.1 Å². The second-order valence-electron chi connectivity index (χ2n) is 13.2. The fraction of sp³-hybridized carbons (Fsp3) is 0.857. The molecule has 0 aliphatic carbocycles. The standard InChI is InChI=1S/C35H63NO6/c1-9-10-11-12-13-14-21-29-41-33(39)35(4,5)27-20-16-18-24-30(42-31(37)25-22-28-36(6)7)23-17-15-19-26-34(2,3)32(38)40-8/h30H,9-13,15-20,22-29H2,1-8H3. The number of unbranched alkanes of at least 4 members (excludes halogenated alkanes) is 8. The van der Waals surface area contributed by atoms with Crippen molar-refractivity contribution in [2.24, 2.45) is 10.8 Å². The van der Waals surface area contributed by atoms with Gasteiger partial charge in [-0.3, -0.25) is 14.4 Å². The van der Waals surface area contributed by atoms with E-state index in [4.69, 9.17) is 14.2 Å². The first-order valence-electron chi connectivity index (χ1n) is 16.4. The molecule has 0 fully saturated rings. The van der Waals surface area contributed by atoms with E-state index in [1.807, 2.05) is 41.8 Å². The van der Waals surface area contributed by atoms with E-state index in [0.29, 0.717) is 6.42 Å². The maximum atomic E-state index is 12.6. The van der Waals surface area contributed by atoms with E-state index in [9.17, 15) is 14.4 Å². The number of hydrogen-bond donors (Lipinski definition) is 0. The fourth-order valence-corrected chi connectivity index (χ4v) is 4.84. The average molecular weight is 594 g/mol. The highest BCUT2D eigenvalue weighted by Crippen LogP contribution is 2.27. The zero-order chi connectivity index (χ0) is 31.9. The van der Waals surface area contributed by atoms with E-state index >= 15 is 0 Å². The number of ether oxygens (including phenoxy) is 3. The van der Waals surface area contributed by atoms with Gasteiger partial charge >= 0.3 is 17.9 Å². The third kappa shape index (κ3) is 20.8. The molecule has 0 rings (SSSR count). The Morgan fingerprint density at radius 3 is 1.86 bits per heavy atom. The summed E-state index contributed by atoms with van der Waals surface area (Å²) in [6.45, 7) is 10.9. The molecule has 244 valence electrons. The largest absolute Gasteiger partial charge is 0.469 e. The Morgan fingerprint density at radius 1 is 0.738 bits per heavy atom. The number of carbonyl (C=O) groups is 3. The van der Waals surface area contributed by atoms with E-state index in [-0.39, 0.29) is 30.6 Å². The van der Waals surface area contributed by atoms with Crippen molar-refractivity contribution in [3.05, 3.63) is 0 Å². The molecule has 0 aromatic heterocycles. The molecule has 1 unspecified atom stereocenters. The third-order valence-corrected chi connectivity index (χ3v) is 7.79. The highest BCUT2D eigenvalue weighted by molar-refractivity contribution is 5.76. The van der Waals surface area contributed by atoms with Gasteiger partial charge in [0.15, 0.2) is 6.61 Å². The summed E-state index contributed by atoms with van der Waals surface area (Å²) in [5.41, 5.74) is -1.02. The van der Waals surface area contributed by atoms with E-state index in [1.165, 1.54) is 26.4 Å². The van der Waals surface area contributed by atoms with Crippen LogP contribution in [0.3, 0.4) is 0 Å². The van der Waals surface area contributed by atoms with E-state index in [0.717, 1.165) is 90.0 Å². The molecule has 0 saturated heterocycles. The van der Waals surface area contributed by atoms with Crippen LogP contribution in [-0.2, 0) is 28.6 Å². The molecule has 7 heteroatoms. The van der Waals surface area contributed by atoms with Crippen LogP contribution < -0.4 is 0 Å². The van der Waals surface area contributed by atoms with E-state index < -0.39 is 10.8 Å². The van der Waals surface area contributed by atoms with Gasteiger partial charge in [0.25, 0.3) is 0 Å². The van der Waals surface area contributed by atoms with E-state index in [1.54, 1.807) is 0 Å². The minimum atomic E-state index is -0.543. The van der Waals surface area contributed by atoms with Crippen molar-refractivity contribution in [1.82, 2.24) is 4.90 Å². The lowest BCUT2D eigenvalue weighted by Gasteiger charge is -2.22. The first-order valence-corrected chi connectivity index (χ1v) is 16.4. The van der Waals surface area contributed by atoms with Gasteiger partial charge in [0.05, 0.1) is 17.9 Å². The van der Waals surface area contributed by atoms with Crippen molar-refractivity contribution in [3.63, 3.8) is 0 Å². The van der Waals surface area contributed by atoms with Crippen LogP contribution in [-0.4, -0.2) is 63.3 Å². The zero-order valence-electron chi connectivity index (χ0n) is 28.4. The Morgan fingerprint density at radius 2 is 1.31 bits per heavy atom. The first-order chi connectivity index (χ1) is 19.9. The number of rotatable bonds is 24. The predicted molar refractivity (Wildman–Crippen MR) is 171 cm³/mol. The molecule has 42 heavy (non-hydrogen) atoms. The molecule has 0 bridgehead atoms. The number of hydrogen-bond acceptors (Lipinski definition) is 7. The van der Waals surface area contributed by atoms with Gasteiger partial charge in [-0.2, -0.15) is 0 Å². The van der Waals surface area contributed by atoms with Crippen LogP contribution >= 0.6 is 0 Å². The van der Waals surface area contributed by atoms with Gasteiger partial charge in [-0.25, -0.2) is 0 Å². The molecule has 0 aliphatic heterocycles. The topological polar surface area (TPSA) is 82.1 Å². The summed E-state index contributed by atoms with van der Waals surface area (Å²) in [4.78, 5) is 39.1. The Balaban J connectivity index is 4.55. The van der Waals surface area contributed by atoms with Gasteiger partial charge in [0.1, 0.15) is 6.10 Å². The summed E-state index contributed by atoms with van der Waals surface area (Å²) < 4.78 is 16.2. The molecule has 7 nitrogen and oxygen atoms in total. The highest BCUT2D eigenvalue weighted by atomic mass is 16.5. The van der Waals surface area contributed by atoms with Gasteiger partial charge in [0, 0.05) is 12.8 Å². The Labute approximate surface area is 258 Å². The Kier molecular flexibility index (Phi) is 22.2. The van der Waals surface area contributed by atoms with Crippen molar-refractivity contribution in [2.45, 2.75) is 150 Å². The molecule has 0 saturated carbocycles. The zero-order valence-corrected chi connectivity index (χ0v) is 28.4. The van der Waals surface area contributed by atoms with Crippen molar-refractivity contribution in [1.29, 1.82) is 0 Å². The molecule has 0 radical (unpaired) electrons. The fourth-order valence-electron chi connectivity index (χ4n) is 4.84. The molecule has 0 N–H and O–H groups in total. The molecule has 0 spiro atoms. The van der Waals surface area contributed by atoms with Gasteiger partial charge in [-0.05, 0) is 99.7 Å². The molecule has 0 amide bonds. The summed E-state index contributed by atoms with van der Waals surface area (Å²) in [6, 6.07) is 0. The molecule has 0 aromatic carbocycles. The molecule has 0 heterocycles. The summed E-state index contributed by atoms with van der Waals surface area (Å²) in [5, 5.41) is 0. The highest BCUT2D eigenvalue weighted by Gasteiger charge is 2.29. The Bertz CT molecular complexity index is 808. The van der Waals surface area contributed by atoms with Crippen molar-refractivity contribution >= 4 is 17.9 Å². The summed E-state index contributed by atoms with van der Waals surface area (Å²) in [7, 11) is 5.43. The number of carbonyl (C=O) groups excluding carboxylic acids is 3. The van der Waals surface area contributed by atoms with Crippen LogP contribution in [0.4, 0.5) is 0 Å². The quantitative estimate of drug-likeness (QED) is 0.0487. The number of methoxy groups -OCH3 is 1. The second-order valence-corrected chi connectivity index (χ2v) is 13.2. The van der Waals surface area contributed by atoms with Gasteiger partial charge in [-0.1, -0.05) is 63.7 Å². The van der Waals surface area contributed by atoms with Crippen LogP contribution in [0.15, 0.2) is 0 Å². The minimum absolute atomic E-state index is 0.0935. The van der Waals surface area contributed by atoms with Crippen LogP contribution in [0.25, 0.3) is 0 Å². The monoisotopic (exact) mass is 593 g/mol. The van der Waals surface area contributed by atoms with E-state index in [2.05, 4.69) is 23.7 Å².